The lowest BCUT2D eigenvalue weighted by atomic mass is 10.0. The number of carbonyl (C=O) groups is 1. The summed E-state index contributed by atoms with van der Waals surface area (Å²) in [5, 5.41) is 11.0. The number of hydrogen-bond acceptors (Lipinski definition) is 6. The van der Waals surface area contributed by atoms with Crippen molar-refractivity contribution in [3.05, 3.63) is 64.7 Å². The lowest BCUT2D eigenvalue weighted by Gasteiger charge is -2.07. The van der Waals surface area contributed by atoms with Crippen LogP contribution in [0.5, 0.6) is 0 Å². The van der Waals surface area contributed by atoms with Crippen molar-refractivity contribution in [1.29, 1.82) is 0 Å². The second-order valence-corrected chi connectivity index (χ2v) is 8.57. The highest BCUT2D eigenvalue weighted by molar-refractivity contribution is 7.98. The number of benzene rings is 1. The van der Waals surface area contributed by atoms with Gasteiger partial charge in [0.15, 0.2) is 0 Å². The van der Waals surface area contributed by atoms with Crippen LogP contribution in [-0.4, -0.2) is 21.0 Å². The molecule has 0 saturated carbocycles. The van der Waals surface area contributed by atoms with Crippen LogP contribution < -0.4 is 0 Å². The zero-order chi connectivity index (χ0) is 20.4. The first-order valence-electron chi connectivity index (χ1n) is 9.41. The van der Waals surface area contributed by atoms with Crippen molar-refractivity contribution in [3.63, 3.8) is 0 Å². The van der Waals surface area contributed by atoms with E-state index in [0.717, 1.165) is 28.1 Å². The number of rotatable bonds is 7. The first kappa shape index (κ1) is 19.7. The van der Waals surface area contributed by atoms with E-state index in [1.54, 1.807) is 23.7 Å². The number of aromatic nitrogens is 2. The fourth-order valence-corrected chi connectivity index (χ4v) is 5.30. The van der Waals surface area contributed by atoms with E-state index in [2.05, 4.69) is 48.1 Å². The Morgan fingerprint density at radius 2 is 1.90 bits per heavy atom. The molecule has 1 aromatic carbocycles. The highest BCUT2D eigenvalue weighted by Gasteiger charge is 2.19. The molecule has 0 aliphatic carbocycles. The van der Waals surface area contributed by atoms with Crippen molar-refractivity contribution < 1.29 is 14.3 Å². The van der Waals surface area contributed by atoms with E-state index < -0.39 is 5.97 Å². The van der Waals surface area contributed by atoms with Crippen LogP contribution in [0.4, 0.5) is 0 Å². The molecule has 3 heterocycles. The van der Waals surface area contributed by atoms with Crippen molar-refractivity contribution in [1.82, 2.24) is 9.97 Å². The lowest BCUT2D eigenvalue weighted by molar-refractivity contribution is 0.0661. The second kappa shape index (κ2) is 8.39. The van der Waals surface area contributed by atoms with Gasteiger partial charge in [-0.15, -0.1) is 11.3 Å². The van der Waals surface area contributed by atoms with Gasteiger partial charge in [0.05, 0.1) is 11.1 Å². The van der Waals surface area contributed by atoms with E-state index in [1.807, 2.05) is 0 Å². The molecule has 0 saturated heterocycles. The van der Waals surface area contributed by atoms with Gasteiger partial charge in [0, 0.05) is 10.4 Å². The Hall–Kier alpha value is -2.64. The number of thioether (sulfide) groups is 1. The van der Waals surface area contributed by atoms with Crippen molar-refractivity contribution in [2.24, 2.45) is 0 Å². The number of thiophene rings is 1. The molecule has 1 N–H and O–H groups in total. The molecule has 0 atom stereocenters. The Morgan fingerprint density at radius 3 is 2.55 bits per heavy atom. The number of fused-ring (bicyclic) bond motifs is 1. The molecule has 7 heteroatoms. The summed E-state index contributed by atoms with van der Waals surface area (Å²) in [6, 6.07) is 11.9. The van der Waals surface area contributed by atoms with E-state index in [9.17, 15) is 4.79 Å². The van der Waals surface area contributed by atoms with Gasteiger partial charge in [0.25, 0.3) is 0 Å². The van der Waals surface area contributed by atoms with Crippen molar-refractivity contribution in [2.45, 2.75) is 37.5 Å². The van der Waals surface area contributed by atoms with Crippen LogP contribution in [-0.2, 0) is 18.6 Å². The van der Waals surface area contributed by atoms with Crippen LogP contribution in [0.2, 0.25) is 0 Å². The summed E-state index contributed by atoms with van der Waals surface area (Å²) in [4.78, 5) is 22.3. The molecule has 29 heavy (non-hydrogen) atoms. The molecule has 148 valence electrons. The Kier molecular flexibility index (Phi) is 5.69. The Balaban J connectivity index is 1.73. The third kappa shape index (κ3) is 3.93. The fourth-order valence-electron chi connectivity index (χ4n) is 3.23. The summed E-state index contributed by atoms with van der Waals surface area (Å²) in [6.07, 6.45) is 3.53. The fraction of sp³-hybridized carbons (Fsp3) is 0.227. The standard InChI is InChI=1S/C22H20N2O3S2/c1-3-13-5-7-14(8-6-13)18-17(4-2)29-21-19(18)20(23-12-24-21)28-11-15-9-10-16(27-15)22(25)26/h5-10,12H,3-4,11H2,1-2H3,(H,25,26). The van der Waals surface area contributed by atoms with E-state index >= 15 is 0 Å². The maximum Gasteiger partial charge on any atom is 0.371 e. The molecule has 4 aromatic rings. The van der Waals surface area contributed by atoms with Crippen molar-refractivity contribution in [3.8, 4) is 11.1 Å². The Morgan fingerprint density at radius 1 is 1.10 bits per heavy atom. The molecule has 0 radical (unpaired) electrons. The number of aromatic carboxylic acids is 1. The zero-order valence-electron chi connectivity index (χ0n) is 16.1. The molecular formula is C22H20N2O3S2. The summed E-state index contributed by atoms with van der Waals surface area (Å²) >= 11 is 3.24. The van der Waals surface area contributed by atoms with Crippen LogP contribution in [0.25, 0.3) is 21.3 Å². The number of furan rings is 1. The summed E-state index contributed by atoms with van der Waals surface area (Å²) < 4.78 is 5.38. The molecule has 0 aliphatic rings. The Bertz CT molecular complexity index is 1160. The van der Waals surface area contributed by atoms with Crippen LogP contribution >= 0.6 is 23.1 Å². The van der Waals surface area contributed by atoms with Gasteiger partial charge in [0.1, 0.15) is 21.9 Å². The summed E-state index contributed by atoms with van der Waals surface area (Å²) in [7, 11) is 0. The number of carboxylic acids is 1. The first-order valence-corrected chi connectivity index (χ1v) is 11.2. The topological polar surface area (TPSA) is 76.2 Å². The van der Waals surface area contributed by atoms with Gasteiger partial charge >= 0.3 is 5.97 Å². The SMILES string of the molecule is CCc1ccc(-c2c(CC)sc3ncnc(SCc4ccc(C(=O)O)o4)c23)cc1. The van der Waals surface area contributed by atoms with E-state index in [1.165, 1.54) is 39.4 Å². The Labute approximate surface area is 176 Å². The van der Waals surface area contributed by atoms with Gasteiger partial charge < -0.3 is 9.52 Å². The van der Waals surface area contributed by atoms with E-state index in [-0.39, 0.29) is 5.76 Å². The minimum Gasteiger partial charge on any atom is -0.475 e. The number of aryl methyl sites for hydroxylation is 2. The maximum absolute atomic E-state index is 11.0. The predicted molar refractivity (Wildman–Crippen MR) is 117 cm³/mol. The highest BCUT2D eigenvalue weighted by atomic mass is 32.2. The molecule has 0 bridgehead atoms. The average molecular weight is 425 g/mol. The molecule has 0 spiro atoms. The summed E-state index contributed by atoms with van der Waals surface area (Å²) in [5.41, 5.74) is 3.68. The molecule has 4 rings (SSSR count). The molecule has 0 unspecified atom stereocenters. The molecule has 0 aliphatic heterocycles. The van der Waals surface area contributed by atoms with Crippen molar-refractivity contribution >= 4 is 39.3 Å². The zero-order valence-corrected chi connectivity index (χ0v) is 17.8. The lowest BCUT2D eigenvalue weighted by Crippen LogP contribution is -1.92. The number of nitrogens with zero attached hydrogens (tertiary/aromatic N) is 2. The summed E-state index contributed by atoms with van der Waals surface area (Å²) in [5.74, 6) is 0.00654. The molecule has 5 nitrogen and oxygen atoms in total. The van der Waals surface area contributed by atoms with Crippen LogP contribution in [0.1, 0.15) is 40.6 Å². The normalized spacial score (nSPS) is 11.2. The minimum atomic E-state index is -1.06. The maximum atomic E-state index is 11.0. The van der Waals surface area contributed by atoms with E-state index in [0.29, 0.717) is 11.5 Å². The first-order chi connectivity index (χ1) is 14.1. The van der Waals surface area contributed by atoms with Crippen LogP contribution in [0.15, 0.2) is 52.2 Å². The van der Waals surface area contributed by atoms with Crippen LogP contribution in [0, 0.1) is 0 Å². The van der Waals surface area contributed by atoms with E-state index in [4.69, 9.17) is 9.52 Å². The van der Waals surface area contributed by atoms with Crippen LogP contribution in [0.3, 0.4) is 0 Å². The third-order valence-electron chi connectivity index (χ3n) is 4.72. The monoisotopic (exact) mass is 424 g/mol. The smallest absolute Gasteiger partial charge is 0.371 e. The number of carboxylic acid groups (broad SMARTS) is 1. The molecular weight excluding hydrogens is 404 g/mol. The average Bonchev–Trinajstić information content (AvgIpc) is 3.37. The largest absolute Gasteiger partial charge is 0.475 e. The predicted octanol–water partition coefficient (Wildman–Crippen LogP) is 6.07. The van der Waals surface area contributed by atoms with Gasteiger partial charge in [-0.05, 0) is 36.1 Å². The minimum absolute atomic E-state index is 0.0473. The second-order valence-electron chi connectivity index (χ2n) is 6.52. The van der Waals surface area contributed by atoms with Gasteiger partial charge in [-0.3, -0.25) is 0 Å². The van der Waals surface area contributed by atoms with Gasteiger partial charge in [0.2, 0.25) is 5.76 Å². The molecule has 0 fully saturated rings. The molecule has 0 amide bonds. The van der Waals surface area contributed by atoms with Gasteiger partial charge in [-0.2, -0.15) is 0 Å². The van der Waals surface area contributed by atoms with Crippen molar-refractivity contribution in [2.75, 3.05) is 0 Å². The molecule has 3 aromatic heterocycles. The quantitative estimate of drug-likeness (QED) is 0.287. The number of hydrogen-bond donors (Lipinski definition) is 1. The van der Waals surface area contributed by atoms with Gasteiger partial charge in [-0.1, -0.05) is 49.9 Å². The summed E-state index contributed by atoms with van der Waals surface area (Å²) in [6.45, 7) is 4.31. The highest BCUT2D eigenvalue weighted by Crippen LogP contribution is 2.42. The van der Waals surface area contributed by atoms with Gasteiger partial charge in [-0.25, -0.2) is 14.8 Å². The third-order valence-corrected chi connectivity index (χ3v) is 6.98.